The van der Waals surface area contributed by atoms with Crippen molar-refractivity contribution in [1.29, 1.82) is 5.26 Å². The number of hydrogen-bond acceptors (Lipinski definition) is 6. The first kappa shape index (κ1) is 20.2. The van der Waals surface area contributed by atoms with Gasteiger partial charge in [0.05, 0.1) is 30.4 Å². The number of rotatable bonds is 4. The van der Waals surface area contributed by atoms with Crippen molar-refractivity contribution in [2.24, 2.45) is 5.92 Å². The van der Waals surface area contributed by atoms with Gasteiger partial charge in [-0.3, -0.25) is 0 Å². The Kier molecular flexibility index (Phi) is 6.26. The van der Waals surface area contributed by atoms with Crippen LogP contribution >= 0.6 is 0 Å². The molecule has 1 aliphatic rings. The lowest BCUT2D eigenvalue weighted by Gasteiger charge is -2.36. The number of ether oxygens (including phenoxy) is 2. The van der Waals surface area contributed by atoms with Crippen molar-refractivity contribution >= 4 is 16.1 Å². The van der Waals surface area contributed by atoms with Crippen LogP contribution in [0.3, 0.4) is 0 Å². The third kappa shape index (κ3) is 5.19. The molecule has 2 unspecified atom stereocenters. The minimum Gasteiger partial charge on any atom is -0.443 e. The van der Waals surface area contributed by atoms with Gasteiger partial charge >= 0.3 is 6.09 Å². The topological polar surface area (TPSA) is 96.7 Å². The minimum absolute atomic E-state index is 0.0223. The average Bonchev–Trinajstić information content (AvgIpc) is 2.54. The molecule has 0 N–H and O–H groups in total. The summed E-state index contributed by atoms with van der Waals surface area (Å²) in [6.45, 7) is 5.31. The molecule has 0 saturated carbocycles. The van der Waals surface area contributed by atoms with Crippen molar-refractivity contribution < 1.29 is 22.7 Å². The second kappa shape index (κ2) is 8.06. The smallest absolute Gasteiger partial charge is 0.424 e. The number of carbonyl (C=O) groups is 1. The first-order valence-corrected chi connectivity index (χ1v) is 10.0. The van der Waals surface area contributed by atoms with Crippen molar-refractivity contribution in [2.45, 2.75) is 44.6 Å². The highest BCUT2D eigenvalue weighted by atomic mass is 32.2. The summed E-state index contributed by atoms with van der Waals surface area (Å²) in [5, 5.41) is 9.40. The number of carbonyl (C=O) groups excluding carboxylic acids is 1. The zero-order valence-corrected chi connectivity index (χ0v) is 16.0. The summed E-state index contributed by atoms with van der Waals surface area (Å²) in [6, 6.07) is 9.76. The molecule has 0 aliphatic carbocycles. The maximum atomic E-state index is 13.0. The van der Waals surface area contributed by atoms with Gasteiger partial charge in [0.15, 0.2) is 0 Å². The van der Waals surface area contributed by atoms with Gasteiger partial charge in [0.2, 0.25) is 10.0 Å². The molecule has 0 radical (unpaired) electrons. The van der Waals surface area contributed by atoms with E-state index in [0.29, 0.717) is 22.9 Å². The predicted octanol–water partition coefficient (Wildman–Crippen LogP) is 2.68. The van der Waals surface area contributed by atoms with Crippen LogP contribution in [0.5, 0.6) is 0 Å². The standard InChI is InChI=1S/C18H24N2O5S/c1-18(2,3)25-17(21)20(16-12-24-10-9-15(16)11-19)26(22,23)13-14-7-5-4-6-8-14/h4-8,15-16H,9-10,12-13H2,1-3H3. The van der Waals surface area contributed by atoms with Crippen molar-refractivity contribution in [3.8, 4) is 6.07 Å². The van der Waals surface area contributed by atoms with E-state index in [1.165, 1.54) is 0 Å². The quantitative estimate of drug-likeness (QED) is 0.797. The van der Waals surface area contributed by atoms with Gasteiger partial charge in [-0.25, -0.2) is 13.2 Å². The van der Waals surface area contributed by atoms with Crippen LogP contribution < -0.4 is 0 Å². The molecule has 0 bridgehead atoms. The Morgan fingerprint density at radius 2 is 2.00 bits per heavy atom. The molecular weight excluding hydrogens is 356 g/mol. The van der Waals surface area contributed by atoms with E-state index in [4.69, 9.17) is 9.47 Å². The van der Waals surface area contributed by atoms with E-state index < -0.39 is 33.7 Å². The lowest BCUT2D eigenvalue weighted by molar-refractivity contribution is -0.00142. The Morgan fingerprint density at radius 3 is 2.58 bits per heavy atom. The van der Waals surface area contributed by atoms with Gasteiger partial charge in [0.25, 0.3) is 0 Å². The molecule has 1 aliphatic heterocycles. The Morgan fingerprint density at radius 1 is 1.35 bits per heavy atom. The second-order valence-corrected chi connectivity index (χ2v) is 9.03. The molecule has 1 fully saturated rings. The fourth-order valence-corrected chi connectivity index (χ4v) is 4.36. The highest BCUT2D eigenvalue weighted by Gasteiger charge is 2.43. The monoisotopic (exact) mass is 380 g/mol. The summed E-state index contributed by atoms with van der Waals surface area (Å²) in [4.78, 5) is 12.7. The van der Waals surface area contributed by atoms with Crippen LogP contribution in [0.2, 0.25) is 0 Å². The van der Waals surface area contributed by atoms with Gasteiger partial charge in [-0.2, -0.15) is 9.57 Å². The van der Waals surface area contributed by atoms with Crippen LogP contribution in [-0.4, -0.2) is 43.7 Å². The molecule has 0 aromatic heterocycles. The molecule has 1 saturated heterocycles. The molecule has 1 aromatic rings. The van der Waals surface area contributed by atoms with Gasteiger partial charge in [0.1, 0.15) is 5.60 Å². The zero-order valence-electron chi connectivity index (χ0n) is 15.2. The van der Waals surface area contributed by atoms with E-state index in [0.717, 1.165) is 0 Å². The molecule has 8 heteroatoms. The Labute approximate surface area is 154 Å². The van der Waals surface area contributed by atoms with E-state index in [2.05, 4.69) is 6.07 Å². The normalized spacial score (nSPS) is 20.8. The number of nitrogens with zero attached hydrogens (tertiary/aromatic N) is 2. The first-order valence-electron chi connectivity index (χ1n) is 8.40. The van der Waals surface area contributed by atoms with E-state index in [9.17, 15) is 18.5 Å². The molecular formula is C18H24N2O5S. The number of benzene rings is 1. The maximum Gasteiger partial charge on any atom is 0.424 e. The SMILES string of the molecule is CC(C)(C)OC(=O)N(C1COCCC1C#N)S(=O)(=O)Cc1ccccc1. The van der Waals surface area contributed by atoms with Gasteiger partial charge in [-0.1, -0.05) is 30.3 Å². The van der Waals surface area contributed by atoms with E-state index >= 15 is 0 Å². The number of sulfonamides is 1. The summed E-state index contributed by atoms with van der Waals surface area (Å²) in [7, 11) is -4.06. The lowest BCUT2D eigenvalue weighted by Crippen LogP contribution is -2.53. The van der Waals surface area contributed by atoms with E-state index in [-0.39, 0.29) is 12.4 Å². The number of nitriles is 1. The summed E-state index contributed by atoms with van der Waals surface area (Å²) in [5.74, 6) is -0.997. The third-order valence-corrected chi connectivity index (χ3v) is 5.58. The summed E-state index contributed by atoms with van der Waals surface area (Å²) in [5.41, 5.74) is -0.318. The van der Waals surface area contributed by atoms with Crippen LogP contribution in [0.25, 0.3) is 0 Å². The van der Waals surface area contributed by atoms with Gasteiger partial charge in [-0.15, -0.1) is 0 Å². The van der Waals surface area contributed by atoms with Gasteiger partial charge in [-0.05, 0) is 32.8 Å². The third-order valence-electron chi connectivity index (χ3n) is 3.86. The Hall–Kier alpha value is -2.11. The number of hydrogen-bond donors (Lipinski definition) is 0. The molecule has 1 heterocycles. The molecule has 0 spiro atoms. The predicted molar refractivity (Wildman–Crippen MR) is 95.5 cm³/mol. The highest BCUT2D eigenvalue weighted by Crippen LogP contribution is 2.26. The molecule has 7 nitrogen and oxygen atoms in total. The molecule has 2 rings (SSSR count). The van der Waals surface area contributed by atoms with Crippen LogP contribution in [0.1, 0.15) is 32.8 Å². The summed E-state index contributed by atoms with van der Waals surface area (Å²) < 4.78 is 37.5. The fourth-order valence-electron chi connectivity index (χ4n) is 2.72. The van der Waals surface area contributed by atoms with Crippen LogP contribution in [0.4, 0.5) is 4.79 Å². The lowest BCUT2D eigenvalue weighted by atomic mass is 9.97. The van der Waals surface area contributed by atoms with Crippen molar-refractivity contribution in [3.05, 3.63) is 35.9 Å². The Balaban J connectivity index is 2.38. The first-order chi connectivity index (χ1) is 12.1. The summed E-state index contributed by atoms with van der Waals surface area (Å²) in [6.07, 6.45) is -0.620. The molecule has 1 aromatic carbocycles. The minimum atomic E-state index is -4.06. The van der Waals surface area contributed by atoms with Crippen LogP contribution in [0, 0.1) is 17.2 Å². The molecule has 142 valence electrons. The number of amides is 1. The maximum absolute atomic E-state index is 13.0. The molecule has 2 atom stereocenters. The zero-order chi connectivity index (χ0) is 19.4. The Bertz CT molecular complexity index is 765. The average molecular weight is 380 g/mol. The van der Waals surface area contributed by atoms with Gasteiger partial charge in [0, 0.05) is 6.61 Å². The summed E-state index contributed by atoms with van der Waals surface area (Å²) >= 11 is 0. The molecule has 26 heavy (non-hydrogen) atoms. The van der Waals surface area contributed by atoms with Crippen molar-refractivity contribution in [2.75, 3.05) is 13.2 Å². The largest absolute Gasteiger partial charge is 0.443 e. The van der Waals surface area contributed by atoms with Crippen molar-refractivity contribution in [1.82, 2.24) is 4.31 Å². The van der Waals surface area contributed by atoms with E-state index in [1.54, 1.807) is 51.1 Å². The van der Waals surface area contributed by atoms with Crippen LogP contribution in [0.15, 0.2) is 30.3 Å². The highest BCUT2D eigenvalue weighted by molar-refractivity contribution is 7.88. The van der Waals surface area contributed by atoms with Gasteiger partial charge < -0.3 is 9.47 Å². The fraction of sp³-hybridized carbons (Fsp3) is 0.556. The van der Waals surface area contributed by atoms with E-state index in [1.807, 2.05) is 0 Å². The van der Waals surface area contributed by atoms with Crippen molar-refractivity contribution in [3.63, 3.8) is 0 Å². The van der Waals surface area contributed by atoms with Crippen LogP contribution in [-0.2, 0) is 25.2 Å². The molecule has 1 amide bonds. The second-order valence-electron chi connectivity index (χ2n) is 7.18.